The molecule has 1 N–H and O–H groups in total. The summed E-state index contributed by atoms with van der Waals surface area (Å²) in [6.45, 7) is 3.48. The monoisotopic (exact) mass is 322 g/mol. The first kappa shape index (κ1) is 14.7. The standard InChI is InChI=1S/C11H15ClN2O3S2/c1-7-8(19(12,16)17)18-10(13-7)14-9(15)11(2)5-3-4-6-11/h3-6H2,1-2H3,(H,13,14,15). The van der Waals surface area contributed by atoms with Crippen molar-refractivity contribution in [2.75, 3.05) is 5.32 Å². The minimum Gasteiger partial charge on any atom is -0.301 e. The first-order chi connectivity index (χ1) is 8.72. The fourth-order valence-corrected chi connectivity index (χ4v) is 4.64. The molecule has 1 aromatic heterocycles. The zero-order chi connectivity index (χ0) is 14.3. The number of hydrogen-bond acceptors (Lipinski definition) is 5. The lowest BCUT2D eigenvalue weighted by Crippen LogP contribution is -2.30. The second kappa shape index (κ2) is 5.03. The Morgan fingerprint density at radius 1 is 1.42 bits per heavy atom. The first-order valence-corrected chi connectivity index (χ1v) is 9.08. The number of nitrogens with one attached hydrogen (secondary N) is 1. The molecular weight excluding hydrogens is 308 g/mol. The van der Waals surface area contributed by atoms with Crippen LogP contribution in [0.5, 0.6) is 0 Å². The van der Waals surface area contributed by atoms with E-state index in [1.54, 1.807) is 6.92 Å². The molecule has 1 aliphatic rings. The Hall–Kier alpha value is -0.660. The van der Waals surface area contributed by atoms with E-state index in [9.17, 15) is 13.2 Å². The Morgan fingerprint density at radius 2 is 2.00 bits per heavy atom. The second-order valence-corrected chi connectivity index (χ2v) is 8.81. The van der Waals surface area contributed by atoms with Crippen LogP contribution in [-0.2, 0) is 13.8 Å². The lowest BCUT2D eigenvalue weighted by Gasteiger charge is -2.21. The second-order valence-electron chi connectivity index (χ2n) is 5.05. The van der Waals surface area contributed by atoms with Gasteiger partial charge in [-0.15, -0.1) is 0 Å². The Kier molecular flexibility index (Phi) is 3.90. The van der Waals surface area contributed by atoms with Crippen molar-refractivity contribution < 1.29 is 13.2 Å². The number of amides is 1. The number of halogens is 1. The smallest absolute Gasteiger partial charge is 0.272 e. The van der Waals surface area contributed by atoms with Gasteiger partial charge in [0.25, 0.3) is 9.05 Å². The quantitative estimate of drug-likeness (QED) is 0.868. The number of hydrogen-bond donors (Lipinski definition) is 1. The third kappa shape index (κ3) is 3.09. The van der Waals surface area contributed by atoms with Gasteiger partial charge in [0.05, 0.1) is 5.69 Å². The molecule has 1 amide bonds. The van der Waals surface area contributed by atoms with Crippen molar-refractivity contribution in [3.63, 3.8) is 0 Å². The molecule has 0 saturated heterocycles. The first-order valence-electron chi connectivity index (χ1n) is 5.96. The minimum atomic E-state index is -3.81. The summed E-state index contributed by atoms with van der Waals surface area (Å²) in [5.41, 5.74) is -0.0635. The van der Waals surface area contributed by atoms with Gasteiger partial charge in [-0.1, -0.05) is 31.1 Å². The largest absolute Gasteiger partial charge is 0.301 e. The summed E-state index contributed by atoms with van der Waals surface area (Å²) >= 11 is 0.889. The van der Waals surface area contributed by atoms with Gasteiger partial charge >= 0.3 is 0 Å². The van der Waals surface area contributed by atoms with Crippen molar-refractivity contribution in [1.29, 1.82) is 0 Å². The highest BCUT2D eigenvalue weighted by Crippen LogP contribution is 2.39. The molecule has 0 spiro atoms. The molecule has 0 aliphatic heterocycles. The molecular formula is C11H15ClN2O3S2. The maximum Gasteiger partial charge on any atom is 0.272 e. The number of nitrogens with zero attached hydrogens (tertiary/aromatic N) is 1. The molecule has 5 nitrogen and oxygen atoms in total. The number of carbonyl (C=O) groups is 1. The van der Waals surface area contributed by atoms with E-state index in [0.29, 0.717) is 5.69 Å². The minimum absolute atomic E-state index is 0.0129. The van der Waals surface area contributed by atoms with Crippen molar-refractivity contribution in [2.24, 2.45) is 5.41 Å². The van der Waals surface area contributed by atoms with E-state index in [4.69, 9.17) is 10.7 Å². The Bertz CT molecular complexity index is 603. The van der Waals surface area contributed by atoms with Crippen LogP contribution in [0.3, 0.4) is 0 Å². The fraction of sp³-hybridized carbons (Fsp3) is 0.636. The molecule has 8 heteroatoms. The number of carbonyl (C=O) groups excluding carboxylic acids is 1. The number of anilines is 1. The predicted octanol–water partition coefficient (Wildman–Crippen LogP) is 2.90. The van der Waals surface area contributed by atoms with E-state index in [-0.39, 0.29) is 20.7 Å². The van der Waals surface area contributed by atoms with Crippen molar-refractivity contribution >= 4 is 42.1 Å². The van der Waals surface area contributed by atoms with Crippen LogP contribution < -0.4 is 5.32 Å². The average molecular weight is 323 g/mol. The third-order valence-corrected chi connectivity index (χ3v) is 6.70. The topological polar surface area (TPSA) is 76.1 Å². The van der Waals surface area contributed by atoms with Crippen LogP contribution in [0.2, 0.25) is 0 Å². The highest BCUT2D eigenvalue weighted by Gasteiger charge is 2.36. The fourth-order valence-electron chi connectivity index (χ4n) is 2.29. The van der Waals surface area contributed by atoms with Gasteiger partial charge in [-0.3, -0.25) is 4.79 Å². The van der Waals surface area contributed by atoms with Crippen LogP contribution in [0.15, 0.2) is 4.21 Å². The van der Waals surface area contributed by atoms with Gasteiger partial charge in [-0.2, -0.15) is 0 Å². The molecule has 1 heterocycles. The van der Waals surface area contributed by atoms with Crippen LogP contribution in [0.4, 0.5) is 5.13 Å². The summed E-state index contributed by atoms with van der Waals surface area (Å²) in [4.78, 5) is 16.2. The molecule has 106 valence electrons. The third-order valence-electron chi connectivity index (χ3n) is 3.45. The zero-order valence-electron chi connectivity index (χ0n) is 10.7. The summed E-state index contributed by atoms with van der Waals surface area (Å²) < 4.78 is 22.6. The molecule has 1 aromatic rings. The van der Waals surface area contributed by atoms with Crippen molar-refractivity contribution in [3.05, 3.63) is 5.69 Å². The van der Waals surface area contributed by atoms with E-state index in [1.807, 2.05) is 6.92 Å². The molecule has 1 fully saturated rings. The predicted molar refractivity (Wildman–Crippen MR) is 75.1 cm³/mol. The van der Waals surface area contributed by atoms with Crippen molar-refractivity contribution in [1.82, 2.24) is 4.98 Å². The van der Waals surface area contributed by atoms with E-state index in [2.05, 4.69) is 10.3 Å². The molecule has 1 aliphatic carbocycles. The molecule has 2 rings (SSSR count). The van der Waals surface area contributed by atoms with Gasteiger partial charge in [0.15, 0.2) is 9.34 Å². The number of rotatable bonds is 3. The van der Waals surface area contributed by atoms with Crippen molar-refractivity contribution in [2.45, 2.75) is 43.7 Å². The van der Waals surface area contributed by atoms with E-state index >= 15 is 0 Å². The molecule has 0 bridgehead atoms. The van der Waals surface area contributed by atoms with Crippen LogP contribution in [0, 0.1) is 12.3 Å². The van der Waals surface area contributed by atoms with Crippen LogP contribution in [0.1, 0.15) is 38.3 Å². The molecule has 1 saturated carbocycles. The summed E-state index contributed by atoms with van der Waals surface area (Å²) in [6.07, 6.45) is 3.79. The number of thiazole rings is 1. The van der Waals surface area contributed by atoms with Crippen molar-refractivity contribution in [3.8, 4) is 0 Å². The lowest BCUT2D eigenvalue weighted by molar-refractivity contribution is -0.124. The maximum atomic E-state index is 12.2. The Balaban J connectivity index is 2.19. The number of aromatic nitrogens is 1. The molecule has 0 atom stereocenters. The number of aryl methyl sites for hydroxylation is 1. The van der Waals surface area contributed by atoms with E-state index in [1.165, 1.54) is 0 Å². The lowest BCUT2D eigenvalue weighted by atomic mass is 9.88. The average Bonchev–Trinajstić information content (AvgIpc) is 2.85. The highest BCUT2D eigenvalue weighted by molar-refractivity contribution is 8.15. The van der Waals surface area contributed by atoms with Gasteiger partial charge in [0.1, 0.15) is 0 Å². The van der Waals surface area contributed by atoms with Crippen LogP contribution >= 0.6 is 22.0 Å². The highest BCUT2D eigenvalue weighted by atomic mass is 35.7. The van der Waals surface area contributed by atoms with Crippen LogP contribution in [0.25, 0.3) is 0 Å². The molecule has 0 radical (unpaired) electrons. The van der Waals surface area contributed by atoms with Gasteiger partial charge in [0, 0.05) is 16.1 Å². The van der Waals surface area contributed by atoms with Gasteiger partial charge in [0.2, 0.25) is 5.91 Å². The maximum absolute atomic E-state index is 12.2. The summed E-state index contributed by atoms with van der Waals surface area (Å²) in [5.74, 6) is -0.0997. The normalized spacial score (nSPS) is 18.5. The van der Waals surface area contributed by atoms with Gasteiger partial charge in [-0.05, 0) is 19.8 Å². The summed E-state index contributed by atoms with van der Waals surface area (Å²) in [7, 11) is 1.49. The van der Waals surface area contributed by atoms with Gasteiger partial charge < -0.3 is 5.32 Å². The summed E-state index contributed by atoms with van der Waals surface area (Å²) in [5, 5.41) is 2.99. The molecule has 0 unspecified atom stereocenters. The van der Waals surface area contributed by atoms with Crippen LogP contribution in [-0.4, -0.2) is 19.3 Å². The van der Waals surface area contributed by atoms with Gasteiger partial charge in [-0.25, -0.2) is 13.4 Å². The SMILES string of the molecule is Cc1nc(NC(=O)C2(C)CCCC2)sc1S(=O)(=O)Cl. The zero-order valence-corrected chi connectivity index (χ0v) is 13.1. The Labute approximate surface area is 120 Å². The molecule has 19 heavy (non-hydrogen) atoms. The Morgan fingerprint density at radius 3 is 2.47 bits per heavy atom. The van der Waals surface area contributed by atoms with E-state index in [0.717, 1.165) is 37.0 Å². The van der Waals surface area contributed by atoms with E-state index < -0.39 is 9.05 Å². The summed E-state index contributed by atoms with van der Waals surface area (Å²) in [6, 6.07) is 0. The molecule has 0 aromatic carbocycles.